The van der Waals surface area contributed by atoms with Crippen molar-refractivity contribution in [3.05, 3.63) is 72.1 Å². The van der Waals surface area contributed by atoms with E-state index in [1.54, 1.807) is 18.3 Å². The van der Waals surface area contributed by atoms with E-state index in [0.29, 0.717) is 16.8 Å². The number of benzene rings is 2. The number of nitrogens with two attached hydrogens (primary N) is 1. The molecule has 2 heterocycles. The quantitative estimate of drug-likeness (QED) is 0.586. The molecule has 9 heteroatoms. The number of ether oxygens (including phenoxy) is 1. The summed E-state index contributed by atoms with van der Waals surface area (Å²) in [7, 11) is 0. The summed E-state index contributed by atoms with van der Waals surface area (Å²) < 4.78 is 66.2. The van der Waals surface area contributed by atoms with Crippen molar-refractivity contribution in [2.75, 3.05) is 6.61 Å². The lowest BCUT2D eigenvalue weighted by molar-refractivity contribution is -0.214. The first-order chi connectivity index (χ1) is 14.9. The standard InChI is InChI=1S/C23H22F4N4O/c1-21(2)23(26,27)22(3,30-20(28)13-32-21)18-10-14(4-9-19(18)25)15-11-29-31(12-15)17-7-5-16(24)6-8-17/h4-12H,13H2,1-3H3,(H2,28,30). The van der Waals surface area contributed by atoms with Gasteiger partial charge >= 0.3 is 5.92 Å². The highest BCUT2D eigenvalue weighted by atomic mass is 19.3. The van der Waals surface area contributed by atoms with Gasteiger partial charge in [-0.3, -0.25) is 4.99 Å². The van der Waals surface area contributed by atoms with Gasteiger partial charge in [0.25, 0.3) is 0 Å². The zero-order valence-corrected chi connectivity index (χ0v) is 17.7. The number of aromatic nitrogens is 2. The van der Waals surface area contributed by atoms with E-state index < -0.39 is 22.9 Å². The lowest BCUT2D eigenvalue weighted by Crippen LogP contribution is -2.56. The van der Waals surface area contributed by atoms with Crippen LogP contribution in [0, 0.1) is 11.6 Å². The van der Waals surface area contributed by atoms with Crippen molar-refractivity contribution in [2.24, 2.45) is 10.7 Å². The molecule has 1 aliphatic rings. The number of hydrogen-bond donors (Lipinski definition) is 1. The van der Waals surface area contributed by atoms with Gasteiger partial charge in [-0.1, -0.05) is 6.07 Å². The Bertz CT molecular complexity index is 1190. The van der Waals surface area contributed by atoms with Gasteiger partial charge < -0.3 is 10.5 Å². The van der Waals surface area contributed by atoms with Crippen LogP contribution >= 0.6 is 0 Å². The Labute approximate surface area is 182 Å². The Balaban J connectivity index is 1.81. The molecule has 0 amide bonds. The molecular weight excluding hydrogens is 424 g/mol. The second kappa shape index (κ2) is 7.44. The van der Waals surface area contributed by atoms with E-state index >= 15 is 8.78 Å². The number of amidine groups is 1. The number of alkyl halides is 2. The van der Waals surface area contributed by atoms with Crippen molar-refractivity contribution >= 4 is 5.84 Å². The van der Waals surface area contributed by atoms with Gasteiger partial charge in [-0.25, -0.2) is 22.2 Å². The molecule has 0 aliphatic carbocycles. The van der Waals surface area contributed by atoms with Crippen molar-refractivity contribution in [1.82, 2.24) is 9.78 Å². The van der Waals surface area contributed by atoms with Gasteiger partial charge in [-0.2, -0.15) is 5.10 Å². The van der Waals surface area contributed by atoms with Crippen molar-refractivity contribution in [3.8, 4) is 16.8 Å². The fourth-order valence-electron chi connectivity index (χ4n) is 3.84. The van der Waals surface area contributed by atoms with Gasteiger partial charge in [-0.15, -0.1) is 0 Å². The van der Waals surface area contributed by atoms with Crippen molar-refractivity contribution < 1.29 is 22.3 Å². The molecule has 0 bridgehead atoms. The zero-order chi connectivity index (χ0) is 23.3. The molecule has 2 N–H and O–H groups in total. The number of halogens is 4. The summed E-state index contributed by atoms with van der Waals surface area (Å²) in [6.07, 6.45) is 3.15. The molecule has 168 valence electrons. The number of nitrogens with zero attached hydrogens (tertiary/aromatic N) is 3. The first kappa shape index (κ1) is 22.0. The molecule has 0 fully saturated rings. The largest absolute Gasteiger partial charge is 0.385 e. The molecule has 2 aromatic carbocycles. The second-order valence-electron chi connectivity index (χ2n) is 8.39. The molecule has 32 heavy (non-hydrogen) atoms. The van der Waals surface area contributed by atoms with E-state index in [9.17, 15) is 8.78 Å². The van der Waals surface area contributed by atoms with Gasteiger partial charge in [0.15, 0.2) is 5.54 Å². The Kier molecular flexibility index (Phi) is 5.12. The van der Waals surface area contributed by atoms with Crippen LogP contribution in [0.1, 0.15) is 26.3 Å². The van der Waals surface area contributed by atoms with E-state index in [4.69, 9.17) is 10.5 Å². The van der Waals surface area contributed by atoms with Crippen LogP contribution in [-0.2, 0) is 10.3 Å². The van der Waals surface area contributed by atoms with Crippen LogP contribution < -0.4 is 5.73 Å². The van der Waals surface area contributed by atoms with Crippen LogP contribution in [0.25, 0.3) is 16.8 Å². The molecule has 5 nitrogen and oxygen atoms in total. The number of rotatable bonds is 3. The van der Waals surface area contributed by atoms with Crippen LogP contribution in [0.4, 0.5) is 17.6 Å². The topological polar surface area (TPSA) is 65.4 Å². The Morgan fingerprint density at radius 2 is 1.69 bits per heavy atom. The molecule has 0 saturated carbocycles. The van der Waals surface area contributed by atoms with E-state index in [2.05, 4.69) is 10.1 Å². The van der Waals surface area contributed by atoms with Gasteiger partial charge in [0.1, 0.15) is 29.7 Å². The normalized spacial score (nSPS) is 22.3. The molecule has 0 spiro atoms. The average molecular weight is 446 g/mol. The number of hydrogen-bond acceptors (Lipinski definition) is 4. The van der Waals surface area contributed by atoms with Crippen LogP contribution in [-0.4, -0.2) is 33.7 Å². The Morgan fingerprint density at radius 1 is 1.00 bits per heavy atom. The molecule has 1 unspecified atom stereocenters. The fraction of sp³-hybridized carbons (Fsp3) is 0.304. The minimum Gasteiger partial charge on any atom is -0.385 e. The van der Waals surface area contributed by atoms with Crippen molar-refractivity contribution in [2.45, 2.75) is 37.8 Å². The number of aliphatic imine (C=N–C) groups is 1. The fourth-order valence-corrected chi connectivity index (χ4v) is 3.84. The maximum absolute atomic E-state index is 15.6. The molecule has 4 rings (SSSR count). The van der Waals surface area contributed by atoms with Crippen LogP contribution in [0.3, 0.4) is 0 Å². The lowest BCUT2D eigenvalue weighted by atomic mass is 9.77. The van der Waals surface area contributed by atoms with Crippen LogP contribution in [0.15, 0.2) is 59.9 Å². The Hall–Kier alpha value is -3.20. The SMILES string of the molecule is CC1(C)OCC(N)=NC(C)(c2cc(-c3cnn(-c4ccc(F)cc4)c3)ccc2F)C1(F)F. The van der Waals surface area contributed by atoms with Gasteiger partial charge in [0.2, 0.25) is 0 Å². The third-order valence-corrected chi connectivity index (χ3v) is 5.81. The minimum absolute atomic E-state index is 0.147. The van der Waals surface area contributed by atoms with Crippen molar-refractivity contribution in [3.63, 3.8) is 0 Å². The summed E-state index contributed by atoms with van der Waals surface area (Å²) in [6, 6.07) is 9.61. The summed E-state index contributed by atoms with van der Waals surface area (Å²) in [4.78, 5) is 4.01. The lowest BCUT2D eigenvalue weighted by Gasteiger charge is -2.42. The summed E-state index contributed by atoms with van der Waals surface area (Å²) in [5.74, 6) is -4.95. The summed E-state index contributed by atoms with van der Waals surface area (Å²) >= 11 is 0. The molecule has 3 aromatic rings. The predicted molar refractivity (Wildman–Crippen MR) is 113 cm³/mol. The third-order valence-electron chi connectivity index (χ3n) is 5.81. The minimum atomic E-state index is -3.58. The maximum Gasteiger partial charge on any atom is 0.304 e. The second-order valence-corrected chi connectivity index (χ2v) is 8.39. The third kappa shape index (κ3) is 3.46. The predicted octanol–water partition coefficient (Wildman–Crippen LogP) is 4.83. The molecular formula is C23H22F4N4O. The highest BCUT2D eigenvalue weighted by Gasteiger charge is 2.63. The highest BCUT2D eigenvalue weighted by Crippen LogP contribution is 2.51. The smallest absolute Gasteiger partial charge is 0.304 e. The molecule has 1 aliphatic heterocycles. The van der Waals surface area contributed by atoms with Crippen LogP contribution in [0.2, 0.25) is 0 Å². The molecule has 0 radical (unpaired) electrons. The average Bonchev–Trinajstić information content (AvgIpc) is 3.21. The van der Waals surface area contributed by atoms with Gasteiger partial charge in [0.05, 0.1) is 11.9 Å². The molecule has 1 aromatic heterocycles. The first-order valence-corrected chi connectivity index (χ1v) is 9.91. The molecule has 0 saturated heterocycles. The van der Waals surface area contributed by atoms with E-state index in [-0.39, 0.29) is 23.8 Å². The van der Waals surface area contributed by atoms with Crippen LogP contribution in [0.5, 0.6) is 0 Å². The summed E-state index contributed by atoms with van der Waals surface area (Å²) in [5.41, 5.74) is 2.87. The highest BCUT2D eigenvalue weighted by molar-refractivity contribution is 5.82. The summed E-state index contributed by atoms with van der Waals surface area (Å²) in [6.45, 7) is 3.33. The van der Waals surface area contributed by atoms with Crippen molar-refractivity contribution in [1.29, 1.82) is 0 Å². The van der Waals surface area contributed by atoms with E-state index in [1.165, 1.54) is 49.0 Å². The first-order valence-electron chi connectivity index (χ1n) is 9.91. The van der Waals surface area contributed by atoms with Gasteiger partial charge in [-0.05, 0) is 62.7 Å². The Morgan fingerprint density at radius 3 is 2.38 bits per heavy atom. The maximum atomic E-state index is 15.6. The zero-order valence-electron chi connectivity index (χ0n) is 17.7. The van der Waals surface area contributed by atoms with E-state index in [0.717, 1.165) is 13.0 Å². The monoisotopic (exact) mass is 446 g/mol. The van der Waals surface area contributed by atoms with E-state index in [1.807, 2.05) is 0 Å². The summed E-state index contributed by atoms with van der Waals surface area (Å²) in [5, 5.41) is 4.24. The molecule has 1 atom stereocenters. The van der Waals surface area contributed by atoms with Gasteiger partial charge in [0, 0.05) is 17.3 Å².